The van der Waals surface area contributed by atoms with Crippen LogP contribution in [0.5, 0.6) is 0 Å². The molecule has 0 saturated heterocycles. The molecule has 1 aromatic carbocycles. The highest BCUT2D eigenvalue weighted by Gasteiger charge is 2.31. The Labute approximate surface area is 116 Å². The van der Waals surface area contributed by atoms with Crippen LogP contribution in [0.4, 0.5) is 22.0 Å². The van der Waals surface area contributed by atoms with Gasteiger partial charge in [-0.25, -0.2) is 13.8 Å². The number of hydrogen-bond acceptors (Lipinski definition) is 1. The standard InChI is InChI=1S/C12H10ClF5N2/c1-6(13)11-19-8-4-7(12(16,17)18)2-3-9(8)20(11)5-10(14)15/h2-4,6,10H,5H2,1H3. The second-order valence-electron chi connectivity index (χ2n) is 4.29. The maximum Gasteiger partial charge on any atom is 0.416 e. The number of alkyl halides is 6. The number of hydrogen-bond donors (Lipinski definition) is 0. The second-order valence-corrected chi connectivity index (χ2v) is 4.94. The van der Waals surface area contributed by atoms with Crippen molar-refractivity contribution in [2.24, 2.45) is 0 Å². The molecule has 2 rings (SSSR count). The van der Waals surface area contributed by atoms with Crippen LogP contribution in [0.25, 0.3) is 11.0 Å². The Morgan fingerprint density at radius 2 is 1.95 bits per heavy atom. The van der Waals surface area contributed by atoms with Crippen LogP contribution in [0.15, 0.2) is 18.2 Å². The van der Waals surface area contributed by atoms with Gasteiger partial charge in [-0.1, -0.05) is 0 Å². The van der Waals surface area contributed by atoms with Gasteiger partial charge in [0.1, 0.15) is 5.82 Å². The minimum Gasteiger partial charge on any atom is -0.321 e. The van der Waals surface area contributed by atoms with Crippen molar-refractivity contribution in [3.8, 4) is 0 Å². The molecule has 0 aliphatic heterocycles. The Bertz CT molecular complexity index is 618. The summed E-state index contributed by atoms with van der Waals surface area (Å²) in [4.78, 5) is 3.94. The average molecular weight is 313 g/mol. The second kappa shape index (κ2) is 5.20. The average Bonchev–Trinajstić information content (AvgIpc) is 2.65. The Balaban J connectivity index is 2.61. The van der Waals surface area contributed by atoms with Crippen LogP contribution in [0, 0.1) is 0 Å². The van der Waals surface area contributed by atoms with Gasteiger partial charge in [-0.2, -0.15) is 13.2 Å². The fourth-order valence-electron chi connectivity index (χ4n) is 1.96. The number of fused-ring (bicyclic) bond motifs is 1. The number of halogens is 6. The summed E-state index contributed by atoms with van der Waals surface area (Å²) in [5, 5.41) is -0.685. The van der Waals surface area contributed by atoms with Crippen LogP contribution in [0.2, 0.25) is 0 Å². The molecule has 1 unspecified atom stereocenters. The van der Waals surface area contributed by atoms with Crippen molar-refractivity contribution in [1.82, 2.24) is 9.55 Å². The smallest absolute Gasteiger partial charge is 0.321 e. The molecule has 0 aliphatic rings. The van der Waals surface area contributed by atoms with Gasteiger partial charge in [-0.05, 0) is 25.1 Å². The molecule has 2 nitrogen and oxygen atoms in total. The Hall–Kier alpha value is -1.37. The third-order valence-electron chi connectivity index (χ3n) is 2.78. The number of rotatable bonds is 3. The molecule has 1 aromatic heterocycles. The lowest BCUT2D eigenvalue weighted by Crippen LogP contribution is -2.10. The molecular formula is C12H10ClF5N2. The molecule has 110 valence electrons. The monoisotopic (exact) mass is 312 g/mol. The van der Waals surface area contributed by atoms with Crippen LogP contribution < -0.4 is 0 Å². The van der Waals surface area contributed by atoms with Crippen LogP contribution in [0.1, 0.15) is 23.7 Å². The van der Waals surface area contributed by atoms with E-state index in [4.69, 9.17) is 11.6 Å². The van der Waals surface area contributed by atoms with Crippen molar-refractivity contribution >= 4 is 22.6 Å². The van der Waals surface area contributed by atoms with Gasteiger partial charge in [0.2, 0.25) is 0 Å². The highest BCUT2D eigenvalue weighted by Crippen LogP contribution is 2.33. The summed E-state index contributed by atoms with van der Waals surface area (Å²) < 4.78 is 64.1. The molecule has 0 bridgehead atoms. The molecule has 0 saturated carbocycles. The molecule has 0 amide bonds. The quantitative estimate of drug-likeness (QED) is 0.597. The van der Waals surface area contributed by atoms with Crippen LogP contribution >= 0.6 is 11.6 Å². The molecule has 0 aliphatic carbocycles. The van der Waals surface area contributed by atoms with Gasteiger partial charge in [0.15, 0.2) is 0 Å². The van der Waals surface area contributed by atoms with Gasteiger partial charge in [-0.3, -0.25) is 0 Å². The van der Waals surface area contributed by atoms with E-state index in [0.29, 0.717) is 0 Å². The molecular weight excluding hydrogens is 303 g/mol. The first kappa shape index (κ1) is 15.0. The van der Waals surface area contributed by atoms with E-state index in [9.17, 15) is 22.0 Å². The highest BCUT2D eigenvalue weighted by molar-refractivity contribution is 6.20. The molecule has 2 aromatic rings. The van der Waals surface area contributed by atoms with Crippen molar-refractivity contribution in [2.75, 3.05) is 0 Å². The highest BCUT2D eigenvalue weighted by atomic mass is 35.5. The summed E-state index contributed by atoms with van der Waals surface area (Å²) in [6.45, 7) is 0.865. The summed E-state index contributed by atoms with van der Waals surface area (Å²) >= 11 is 5.84. The van der Waals surface area contributed by atoms with Gasteiger partial charge in [0.25, 0.3) is 6.43 Å². The predicted octanol–water partition coefficient (Wildman–Crippen LogP) is 4.62. The van der Waals surface area contributed by atoms with Crippen LogP contribution in [0.3, 0.4) is 0 Å². The lowest BCUT2D eigenvalue weighted by molar-refractivity contribution is -0.137. The van der Waals surface area contributed by atoms with Gasteiger partial charge < -0.3 is 4.57 Å². The van der Waals surface area contributed by atoms with E-state index in [1.165, 1.54) is 6.92 Å². The molecule has 0 N–H and O–H groups in total. The van der Waals surface area contributed by atoms with E-state index < -0.39 is 30.1 Å². The van der Waals surface area contributed by atoms with Crippen molar-refractivity contribution in [3.63, 3.8) is 0 Å². The molecule has 0 fully saturated rings. The third kappa shape index (κ3) is 2.87. The van der Waals surface area contributed by atoms with E-state index in [-0.39, 0.29) is 16.9 Å². The first-order chi connectivity index (χ1) is 9.20. The SMILES string of the molecule is CC(Cl)c1nc2cc(C(F)(F)F)ccc2n1CC(F)F. The zero-order chi connectivity index (χ0) is 15.1. The maximum atomic E-state index is 12.6. The fourth-order valence-corrected chi connectivity index (χ4v) is 2.12. The minimum atomic E-state index is -4.51. The Kier molecular flexibility index (Phi) is 3.90. The summed E-state index contributed by atoms with van der Waals surface area (Å²) in [6.07, 6.45) is -7.16. The zero-order valence-corrected chi connectivity index (χ0v) is 11.0. The lowest BCUT2D eigenvalue weighted by Gasteiger charge is -2.10. The molecule has 20 heavy (non-hydrogen) atoms. The summed E-state index contributed by atoms with van der Waals surface area (Å²) in [7, 11) is 0. The maximum absolute atomic E-state index is 12.6. The van der Waals surface area contributed by atoms with Gasteiger partial charge >= 0.3 is 6.18 Å². The fraction of sp³-hybridized carbons (Fsp3) is 0.417. The minimum absolute atomic E-state index is 0.00275. The predicted molar refractivity (Wildman–Crippen MR) is 65.0 cm³/mol. The molecule has 1 heterocycles. The summed E-state index contributed by atoms with van der Waals surface area (Å²) in [6, 6.07) is 2.81. The number of imidazole rings is 1. The molecule has 1 atom stereocenters. The Morgan fingerprint density at radius 3 is 2.45 bits per heavy atom. The van der Waals surface area contributed by atoms with Crippen LogP contribution in [-0.4, -0.2) is 16.0 Å². The first-order valence-corrected chi connectivity index (χ1v) is 6.13. The van der Waals surface area contributed by atoms with Crippen LogP contribution in [-0.2, 0) is 12.7 Å². The molecule has 8 heteroatoms. The lowest BCUT2D eigenvalue weighted by atomic mass is 10.2. The zero-order valence-electron chi connectivity index (χ0n) is 10.3. The first-order valence-electron chi connectivity index (χ1n) is 5.69. The van der Waals surface area contributed by atoms with Crippen molar-refractivity contribution in [2.45, 2.75) is 31.4 Å². The van der Waals surface area contributed by atoms with Gasteiger partial charge in [0.05, 0.1) is 28.5 Å². The topological polar surface area (TPSA) is 17.8 Å². The molecule has 0 spiro atoms. The summed E-state index contributed by atoms with van der Waals surface area (Å²) in [5.74, 6) is 0.126. The summed E-state index contributed by atoms with van der Waals surface area (Å²) in [5.41, 5.74) is -0.663. The van der Waals surface area contributed by atoms with Crippen molar-refractivity contribution in [3.05, 3.63) is 29.6 Å². The van der Waals surface area contributed by atoms with Crippen molar-refractivity contribution in [1.29, 1.82) is 0 Å². The largest absolute Gasteiger partial charge is 0.416 e. The Morgan fingerprint density at radius 1 is 1.30 bits per heavy atom. The van der Waals surface area contributed by atoms with E-state index in [1.54, 1.807) is 0 Å². The number of benzene rings is 1. The van der Waals surface area contributed by atoms with E-state index in [1.807, 2.05) is 0 Å². The van der Waals surface area contributed by atoms with E-state index >= 15 is 0 Å². The van der Waals surface area contributed by atoms with E-state index in [0.717, 1.165) is 22.8 Å². The number of aromatic nitrogens is 2. The van der Waals surface area contributed by atoms with Crippen molar-refractivity contribution < 1.29 is 22.0 Å². The normalized spacial score (nSPS) is 14.2. The third-order valence-corrected chi connectivity index (χ3v) is 2.98. The number of nitrogens with zero attached hydrogens (tertiary/aromatic N) is 2. The molecule has 0 radical (unpaired) electrons. The van der Waals surface area contributed by atoms with Gasteiger partial charge in [-0.15, -0.1) is 11.6 Å². The van der Waals surface area contributed by atoms with E-state index in [2.05, 4.69) is 4.98 Å². The van der Waals surface area contributed by atoms with Gasteiger partial charge in [0, 0.05) is 0 Å².